The van der Waals surface area contributed by atoms with E-state index in [1.807, 2.05) is 26.0 Å². The van der Waals surface area contributed by atoms with Crippen molar-refractivity contribution in [1.82, 2.24) is 0 Å². The third kappa shape index (κ3) is 1.77. The smallest absolute Gasteiger partial charge is 0.234 e. The van der Waals surface area contributed by atoms with Crippen LogP contribution in [0.4, 0.5) is 0 Å². The summed E-state index contributed by atoms with van der Waals surface area (Å²) in [6.45, 7) is 3.94. The van der Waals surface area contributed by atoms with Gasteiger partial charge in [-0.25, -0.2) is 0 Å². The number of alkyl halides is 1. The summed E-state index contributed by atoms with van der Waals surface area (Å²) in [7, 11) is 0. The van der Waals surface area contributed by atoms with Crippen LogP contribution in [-0.2, 0) is 9.53 Å². The van der Waals surface area contributed by atoms with E-state index in [1.54, 1.807) is 12.1 Å². The molecule has 0 fully saturated rings. The van der Waals surface area contributed by atoms with Gasteiger partial charge in [-0.3, -0.25) is 9.59 Å². The van der Waals surface area contributed by atoms with Crippen LogP contribution in [0.15, 0.2) is 29.8 Å². The summed E-state index contributed by atoms with van der Waals surface area (Å²) in [5, 5.41) is 0. The first-order valence-electron chi connectivity index (χ1n) is 6.16. The van der Waals surface area contributed by atoms with Gasteiger partial charge in [0.25, 0.3) is 0 Å². The predicted octanol–water partition coefficient (Wildman–Crippen LogP) is 3.13. The van der Waals surface area contributed by atoms with Gasteiger partial charge in [-0.2, -0.15) is 0 Å². The highest BCUT2D eigenvalue weighted by atomic mass is 79.9. The maximum absolute atomic E-state index is 12.2. The summed E-state index contributed by atoms with van der Waals surface area (Å²) in [5.74, 6) is -0.299. The van der Waals surface area contributed by atoms with E-state index in [4.69, 9.17) is 4.74 Å². The molecule has 19 heavy (non-hydrogen) atoms. The number of Topliss-reactive ketones (excluding diaryl/α,β-unsaturated/α-hetero) is 2. The van der Waals surface area contributed by atoms with Crippen LogP contribution in [0.5, 0.6) is 0 Å². The molecule has 0 amide bonds. The number of hydrogen-bond acceptors (Lipinski definition) is 3. The third-order valence-electron chi connectivity index (χ3n) is 3.67. The number of ether oxygens (including phenoxy) is 1. The summed E-state index contributed by atoms with van der Waals surface area (Å²) < 4.78 is 5.99. The largest absolute Gasteiger partial charge is 0.486 e. The van der Waals surface area contributed by atoms with Gasteiger partial charge >= 0.3 is 0 Å². The van der Waals surface area contributed by atoms with Gasteiger partial charge in [0.1, 0.15) is 11.4 Å². The first-order valence-corrected chi connectivity index (χ1v) is 7.08. The highest BCUT2D eigenvalue weighted by Crippen LogP contribution is 2.43. The fourth-order valence-corrected chi connectivity index (χ4v) is 2.88. The number of benzene rings is 1. The van der Waals surface area contributed by atoms with E-state index in [9.17, 15) is 9.59 Å². The second-order valence-corrected chi connectivity index (χ2v) is 6.49. The second kappa shape index (κ2) is 4.04. The van der Waals surface area contributed by atoms with Crippen molar-refractivity contribution >= 4 is 33.3 Å². The fourth-order valence-electron chi connectivity index (χ4n) is 2.46. The molecule has 1 heterocycles. The molecule has 0 unspecified atom stereocenters. The van der Waals surface area contributed by atoms with E-state index < -0.39 is 17.2 Å². The van der Waals surface area contributed by atoms with Crippen LogP contribution in [0.3, 0.4) is 0 Å². The number of hydrogen-bond donors (Lipinski definition) is 0. The molecule has 0 spiro atoms. The Morgan fingerprint density at radius 1 is 1.16 bits per heavy atom. The van der Waals surface area contributed by atoms with Gasteiger partial charge in [-0.1, -0.05) is 40.2 Å². The minimum absolute atomic E-state index is 0.0146. The van der Waals surface area contributed by atoms with Crippen LogP contribution in [0, 0.1) is 0 Å². The van der Waals surface area contributed by atoms with Crippen LogP contribution in [0.1, 0.15) is 36.2 Å². The molecule has 0 saturated heterocycles. The molecule has 1 aliphatic carbocycles. The Bertz CT molecular complexity index is 628. The molecule has 1 atom stereocenters. The van der Waals surface area contributed by atoms with Crippen LogP contribution in [0.25, 0.3) is 5.76 Å². The molecular weight excluding hydrogens is 308 g/mol. The lowest BCUT2D eigenvalue weighted by molar-refractivity contribution is -0.112. The molecule has 0 aromatic heterocycles. The minimum Gasteiger partial charge on any atom is -0.486 e. The third-order valence-corrected chi connectivity index (χ3v) is 5.10. The minimum atomic E-state index is -0.436. The number of allylic oxidation sites excluding steroid dienone is 1. The SMILES string of the molecule is CC1(C)OC2=C(C[C@@H]1Br)C(=O)C(=O)c1ccccc12. The molecule has 1 aromatic carbocycles. The van der Waals surface area contributed by atoms with Crippen LogP contribution >= 0.6 is 15.9 Å². The van der Waals surface area contributed by atoms with Crippen molar-refractivity contribution in [3.8, 4) is 0 Å². The number of carbonyl (C=O) groups is 2. The Morgan fingerprint density at radius 2 is 1.79 bits per heavy atom. The Kier molecular flexibility index (Phi) is 2.68. The predicted molar refractivity (Wildman–Crippen MR) is 75.2 cm³/mol. The zero-order valence-corrected chi connectivity index (χ0v) is 12.3. The summed E-state index contributed by atoms with van der Waals surface area (Å²) >= 11 is 3.54. The number of carbonyl (C=O) groups excluding carboxylic acids is 2. The van der Waals surface area contributed by atoms with Gasteiger partial charge in [0, 0.05) is 16.7 Å². The molecular formula is C15H13BrO3. The fraction of sp³-hybridized carbons (Fsp3) is 0.333. The average Bonchev–Trinajstić information content (AvgIpc) is 2.38. The van der Waals surface area contributed by atoms with Crippen molar-refractivity contribution in [3.63, 3.8) is 0 Å². The summed E-state index contributed by atoms with van der Waals surface area (Å²) in [4.78, 5) is 24.3. The molecule has 3 nitrogen and oxygen atoms in total. The van der Waals surface area contributed by atoms with Crippen molar-refractivity contribution in [2.75, 3.05) is 0 Å². The number of ketones is 2. The van der Waals surface area contributed by atoms with E-state index in [-0.39, 0.29) is 4.83 Å². The van der Waals surface area contributed by atoms with E-state index >= 15 is 0 Å². The molecule has 1 aliphatic heterocycles. The Balaban J connectivity index is 2.23. The van der Waals surface area contributed by atoms with Crippen molar-refractivity contribution < 1.29 is 14.3 Å². The first-order chi connectivity index (χ1) is 8.92. The van der Waals surface area contributed by atoms with E-state index in [1.165, 1.54) is 0 Å². The van der Waals surface area contributed by atoms with Gasteiger partial charge in [0.2, 0.25) is 11.6 Å². The topological polar surface area (TPSA) is 43.4 Å². The maximum atomic E-state index is 12.2. The molecule has 0 radical (unpaired) electrons. The lowest BCUT2D eigenvalue weighted by atomic mass is 9.82. The van der Waals surface area contributed by atoms with Gasteiger partial charge in [-0.05, 0) is 20.3 Å². The average molecular weight is 321 g/mol. The highest BCUT2D eigenvalue weighted by molar-refractivity contribution is 9.09. The van der Waals surface area contributed by atoms with E-state index in [0.29, 0.717) is 23.3 Å². The standard InChI is InChI=1S/C15H13BrO3/c1-15(2)11(16)7-10-13(18)12(17)8-5-3-4-6-9(8)14(10)19-15/h3-6,11H,7H2,1-2H3/t11-/m0/s1. The van der Waals surface area contributed by atoms with Gasteiger partial charge < -0.3 is 4.74 Å². The monoisotopic (exact) mass is 320 g/mol. The Hall–Kier alpha value is -1.42. The van der Waals surface area contributed by atoms with Crippen LogP contribution in [0.2, 0.25) is 0 Å². The zero-order valence-electron chi connectivity index (χ0n) is 10.7. The molecule has 3 rings (SSSR count). The van der Waals surface area contributed by atoms with E-state index in [2.05, 4.69) is 15.9 Å². The summed E-state index contributed by atoms with van der Waals surface area (Å²) in [5.41, 5.74) is 1.25. The molecule has 4 heteroatoms. The van der Waals surface area contributed by atoms with Crippen LogP contribution < -0.4 is 0 Å². The normalized spacial score (nSPS) is 24.7. The molecule has 1 aromatic rings. The summed E-state index contributed by atoms with van der Waals surface area (Å²) in [6, 6.07) is 7.12. The molecule has 0 bridgehead atoms. The zero-order chi connectivity index (χ0) is 13.8. The molecule has 2 aliphatic rings. The lowest BCUT2D eigenvalue weighted by Crippen LogP contribution is -2.42. The molecule has 0 saturated carbocycles. The lowest BCUT2D eigenvalue weighted by Gasteiger charge is -2.39. The van der Waals surface area contributed by atoms with Crippen molar-refractivity contribution in [1.29, 1.82) is 0 Å². The summed E-state index contributed by atoms with van der Waals surface area (Å²) in [6.07, 6.45) is 0.515. The Labute approximate surface area is 119 Å². The first kappa shape index (κ1) is 12.6. The van der Waals surface area contributed by atoms with Gasteiger partial charge in [-0.15, -0.1) is 0 Å². The second-order valence-electron chi connectivity index (χ2n) is 5.39. The van der Waals surface area contributed by atoms with Crippen LogP contribution in [-0.4, -0.2) is 22.0 Å². The maximum Gasteiger partial charge on any atom is 0.234 e. The van der Waals surface area contributed by atoms with Crippen molar-refractivity contribution in [2.45, 2.75) is 30.7 Å². The van der Waals surface area contributed by atoms with Crippen molar-refractivity contribution in [3.05, 3.63) is 41.0 Å². The number of rotatable bonds is 0. The van der Waals surface area contributed by atoms with Gasteiger partial charge in [0.05, 0.1) is 4.83 Å². The van der Waals surface area contributed by atoms with E-state index in [0.717, 1.165) is 5.56 Å². The van der Waals surface area contributed by atoms with Gasteiger partial charge in [0.15, 0.2) is 0 Å². The van der Waals surface area contributed by atoms with Crippen molar-refractivity contribution in [2.24, 2.45) is 0 Å². The number of halogens is 1. The number of fused-ring (bicyclic) bond motifs is 2. The highest BCUT2D eigenvalue weighted by Gasteiger charge is 2.43. The molecule has 0 N–H and O–H groups in total. The quantitative estimate of drug-likeness (QED) is 0.545. The Morgan fingerprint density at radius 3 is 2.47 bits per heavy atom. The molecule has 98 valence electrons.